The van der Waals surface area contributed by atoms with Gasteiger partial charge in [0.15, 0.2) is 0 Å². The summed E-state index contributed by atoms with van der Waals surface area (Å²) in [6.07, 6.45) is 0.532. The van der Waals surface area contributed by atoms with E-state index in [2.05, 4.69) is 5.32 Å². The van der Waals surface area contributed by atoms with Gasteiger partial charge >= 0.3 is 5.97 Å². The van der Waals surface area contributed by atoms with Crippen molar-refractivity contribution in [1.82, 2.24) is 15.3 Å². The van der Waals surface area contributed by atoms with Gasteiger partial charge in [-0.25, -0.2) is 0 Å². The van der Waals surface area contributed by atoms with Crippen LogP contribution in [0, 0.1) is 10.8 Å². The molecular formula is C21H31N5O4. The normalized spacial score (nSPS) is 14.8. The maximum absolute atomic E-state index is 12.4. The molecule has 30 heavy (non-hydrogen) atoms. The van der Waals surface area contributed by atoms with E-state index in [9.17, 15) is 14.4 Å². The number of amidine groups is 1. The van der Waals surface area contributed by atoms with Gasteiger partial charge in [0.2, 0.25) is 5.91 Å². The number of benzene rings is 1. The Bertz CT molecular complexity index is 778. The number of hydrogen-bond donors (Lipinski definition) is 3. The van der Waals surface area contributed by atoms with Crippen molar-refractivity contribution in [3.63, 3.8) is 0 Å². The summed E-state index contributed by atoms with van der Waals surface area (Å²) in [4.78, 5) is 43.5. The Morgan fingerprint density at radius 3 is 2.17 bits per heavy atom. The molecule has 9 nitrogen and oxygen atoms in total. The first-order valence-electron chi connectivity index (χ1n) is 10.0. The van der Waals surface area contributed by atoms with E-state index in [0.29, 0.717) is 43.7 Å². The molecular weight excluding hydrogens is 386 g/mol. The largest absolute Gasteiger partial charge is 0.384 e. The van der Waals surface area contributed by atoms with Crippen molar-refractivity contribution in [3.05, 3.63) is 35.4 Å². The van der Waals surface area contributed by atoms with Crippen LogP contribution in [0.5, 0.6) is 0 Å². The molecule has 2 rings (SSSR count). The van der Waals surface area contributed by atoms with Crippen LogP contribution in [0.4, 0.5) is 0 Å². The summed E-state index contributed by atoms with van der Waals surface area (Å²) in [6.45, 7) is 8.05. The van der Waals surface area contributed by atoms with Crippen LogP contribution in [-0.4, -0.2) is 66.3 Å². The van der Waals surface area contributed by atoms with Gasteiger partial charge in [-0.3, -0.25) is 19.8 Å². The molecule has 1 aromatic rings. The first kappa shape index (κ1) is 23.3. The number of carbonyl (C=O) groups is 3. The molecule has 0 unspecified atom stereocenters. The summed E-state index contributed by atoms with van der Waals surface area (Å²) >= 11 is 0. The molecule has 4 N–H and O–H groups in total. The van der Waals surface area contributed by atoms with Crippen molar-refractivity contribution in [1.29, 1.82) is 5.41 Å². The molecule has 0 bridgehead atoms. The number of nitrogens with two attached hydrogens (primary N) is 1. The second-order valence-electron chi connectivity index (χ2n) is 8.51. The number of nitrogens with zero attached hydrogens (tertiary/aromatic N) is 2. The fourth-order valence-corrected chi connectivity index (χ4v) is 2.98. The van der Waals surface area contributed by atoms with Gasteiger partial charge in [-0.1, -0.05) is 32.9 Å². The lowest BCUT2D eigenvalue weighted by molar-refractivity contribution is -0.199. The lowest BCUT2D eigenvalue weighted by Crippen LogP contribution is -2.49. The van der Waals surface area contributed by atoms with Crippen molar-refractivity contribution >= 4 is 23.6 Å². The number of hydrogen-bond acceptors (Lipinski definition) is 6. The third kappa shape index (κ3) is 7.47. The Hall–Kier alpha value is -2.94. The third-order valence-electron chi connectivity index (χ3n) is 4.58. The van der Waals surface area contributed by atoms with Crippen LogP contribution in [-0.2, 0) is 14.4 Å². The summed E-state index contributed by atoms with van der Waals surface area (Å²) in [7, 11) is 0. The molecule has 1 aliphatic heterocycles. The Labute approximate surface area is 177 Å². The van der Waals surface area contributed by atoms with E-state index in [1.165, 1.54) is 0 Å². The predicted molar refractivity (Wildman–Crippen MR) is 113 cm³/mol. The SMILES string of the molecule is CC(C)(C)CC(=O)ON1CCN(C(=O)CCNC(=O)c2ccc(C(=N)N)cc2)CC1. The van der Waals surface area contributed by atoms with Crippen LogP contribution in [0.15, 0.2) is 24.3 Å². The number of piperazine rings is 1. The number of amides is 2. The van der Waals surface area contributed by atoms with Crippen LogP contribution in [0.3, 0.4) is 0 Å². The first-order chi connectivity index (χ1) is 14.0. The molecule has 2 amide bonds. The van der Waals surface area contributed by atoms with Crippen molar-refractivity contribution in [2.24, 2.45) is 11.1 Å². The minimum absolute atomic E-state index is 0.0529. The summed E-state index contributed by atoms with van der Waals surface area (Å²) < 4.78 is 0. The van der Waals surface area contributed by atoms with Crippen LogP contribution >= 0.6 is 0 Å². The zero-order valence-electron chi connectivity index (χ0n) is 17.9. The highest BCUT2D eigenvalue weighted by atomic mass is 16.7. The maximum Gasteiger partial charge on any atom is 0.325 e. The van der Waals surface area contributed by atoms with Gasteiger partial charge < -0.3 is 20.8 Å². The summed E-state index contributed by atoms with van der Waals surface area (Å²) in [5.41, 5.74) is 6.25. The van der Waals surface area contributed by atoms with Gasteiger partial charge in [0, 0.05) is 37.2 Å². The second-order valence-corrected chi connectivity index (χ2v) is 8.51. The lowest BCUT2D eigenvalue weighted by Gasteiger charge is -2.33. The van der Waals surface area contributed by atoms with Gasteiger partial charge in [0.1, 0.15) is 5.84 Å². The number of hydroxylamine groups is 2. The van der Waals surface area contributed by atoms with Crippen LogP contribution in [0.2, 0.25) is 0 Å². The standard InChI is InChI=1S/C21H31N5O4/c1-21(2,3)14-18(28)30-26-12-10-25(11-13-26)17(27)8-9-24-20(29)16-6-4-15(5-7-16)19(22)23/h4-7H,8-14H2,1-3H3,(H3,22,23)(H,24,29). The highest BCUT2D eigenvalue weighted by Gasteiger charge is 2.25. The smallest absolute Gasteiger partial charge is 0.325 e. The van der Waals surface area contributed by atoms with Gasteiger partial charge in [0.05, 0.1) is 19.5 Å². The van der Waals surface area contributed by atoms with Gasteiger partial charge in [-0.15, -0.1) is 5.06 Å². The average Bonchev–Trinajstić information content (AvgIpc) is 2.67. The van der Waals surface area contributed by atoms with Gasteiger partial charge in [-0.05, 0) is 17.5 Å². The predicted octanol–water partition coefficient (Wildman–Crippen LogP) is 1.13. The molecule has 1 heterocycles. The van der Waals surface area contributed by atoms with E-state index < -0.39 is 0 Å². The van der Waals surface area contributed by atoms with Crippen molar-refractivity contribution in [2.45, 2.75) is 33.6 Å². The summed E-state index contributed by atoms with van der Waals surface area (Å²) in [5.74, 6) is -0.658. The summed E-state index contributed by atoms with van der Waals surface area (Å²) in [6, 6.07) is 6.40. The molecule has 164 valence electrons. The van der Waals surface area contributed by atoms with E-state index in [4.69, 9.17) is 16.0 Å². The van der Waals surface area contributed by atoms with Crippen LogP contribution in [0.1, 0.15) is 49.5 Å². The van der Waals surface area contributed by atoms with E-state index in [-0.39, 0.29) is 42.0 Å². The van der Waals surface area contributed by atoms with Crippen molar-refractivity contribution < 1.29 is 19.2 Å². The number of rotatable bonds is 7. The number of carbonyl (C=O) groups excluding carboxylic acids is 3. The van der Waals surface area contributed by atoms with Crippen molar-refractivity contribution in [3.8, 4) is 0 Å². The lowest BCUT2D eigenvalue weighted by atomic mass is 9.93. The minimum atomic E-state index is -0.284. The number of nitrogens with one attached hydrogen (secondary N) is 2. The summed E-state index contributed by atoms with van der Waals surface area (Å²) in [5, 5.41) is 11.7. The van der Waals surface area contributed by atoms with E-state index >= 15 is 0 Å². The quantitative estimate of drug-likeness (QED) is 0.451. The van der Waals surface area contributed by atoms with E-state index in [1.807, 2.05) is 20.8 Å². The molecule has 1 fully saturated rings. The molecule has 0 atom stereocenters. The van der Waals surface area contributed by atoms with Crippen LogP contribution in [0.25, 0.3) is 0 Å². The molecule has 0 saturated carbocycles. The Morgan fingerprint density at radius 2 is 1.63 bits per heavy atom. The topological polar surface area (TPSA) is 129 Å². The molecule has 9 heteroatoms. The second kappa shape index (κ2) is 10.2. The molecule has 0 aliphatic carbocycles. The Kier molecular flexibility index (Phi) is 7.93. The van der Waals surface area contributed by atoms with E-state index in [0.717, 1.165) is 0 Å². The molecule has 0 radical (unpaired) electrons. The van der Waals surface area contributed by atoms with Gasteiger partial charge in [0.25, 0.3) is 5.91 Å². The fraction of sp³-hybridized carbons (Fsp3) is 0.524. The molecule has 0 spiro atoms. The zero-order valence-corrected chi connectivity index (χ0v) is 17.9. The van der Waals surface area contributed by atoms with E-state index in [1.54, 1.807) is 34.2 Å². The minimum Gasteiger partial charge on any atom is -0.384 e. The van der Waals surface area contributed by atoms with Gasteiger partial charge in [-0.2, -0.15) is 0 Å². The molecule has 1 aromatic carbocycles. The molecule has 1 saturated heterocycles. The Morgan fingerprint density at radius 1 is 1.07 bits per heavy atom. The highest BCUT2D eigenvalue weighted by Crippen LogP contribution is 2.19. The first-order valence-corrected chi connectivity index (χ1v) is 10.0. The zero-order chi connectivity index (χ0) is 22.3. The third-order valence-corrected chi connectivity index (χ3v) is 4.58. The Balaban J connectivity index is 1.69. The number of nitrogen functional groups attached to an aromatic ring is 1. The van der Waals surface area contributed by atoms with Crippen molar-refractivity contribution in [2.75, 3.05) is 32.7 Å². The maximum atomic E-state index is 12.4. The van der Waals surface area contributed by atoms with Crippen LogP contribution < -0.4 is 11.1 Å². The average molecular weight is 418 g/mol. The molecule has 1 aliphatic rings. The monoisotopic (exact) mass is 417 g/mol. The fourth-order valence-electron chi connectivity index (χ4n) is 2.98. The molecule has 0 aromatic heterocycles. The highest BCUT2D eigenvalue weighted by molar-refractivity contribution is 5.98.